The monoisotopic (exact) mass is 247 g/mol. The Morgan fingerprint density at radius 1 is 1.39 bits per heavy atom. The molecule has 0 bridgehead atoms. The second-order valence-corrected chi connectivity index (χ2v) is 4.74. The molecule has 2 aliphatic rings. The molecule has 0 radical (unpaired) electrons. The highest BCUT2D eigenvalue weighted by atomic mass is 19.1. The first-order valence-corrected chi connectivity index (χ1v) is 6.08. The minimum absolute atomic E-state index is 0.218. The van der Waals surface area contributed by atoms with Crippen molar-refractivity contribution in [2.24, 2.45) is 4.99 Å². The Kier molecular flexibility index (Phi) is 2.63. The van der Waals surface area contributed by atoms with Gasteiger partial charge in [-0.1, -0.05) is 12.1 Å². The summed E-state index contributed by atoms with van der Waals surface area (Å²) in [5.74, 6) is -0.574. The molecule has 2 N–H and O–H groups in total. The topological polar surface area (TPSA) is 53.5 Å². The van der Waals surface area contributed by atoms with Gasteiger partial charge in [-0.25, -0.2) is 9.38 Å². The van der Waals surface area contributed by atoms with Gasteiger partial charge < -0.3 is 10.6 Å². The molecular weight excluding hydrogens is 233 g/mol. The zero-order valence-electron chi connectivity index (χ0n) is 9.87. The fourth-order valence-electron chi connectivity index (χ4n) is 2.49. The van der Waals surface area contributed by atoms with Crippen LogP contribution in [0.1, 0.15) is 18.4 Å². The Labute approximate surface area is 104 Å². The Balaban J connectivity index is 1.96. The number of carbonyl (C=O) groups excluding carboxylic acids is 1. The fourth-order valence-corrected chi connectivity index (χ4v) is 2.49. The summed E-state index contributed by atoms with van der Waals surface area (Å²) < 4.78 is 13.2. The van der Waals surface area contributed by atoms with Gasteiger partial charge in [-0.15, -0.1) is 0 Å². The van der Waals surface area contributed by atoms with Crippen LogP contribution in [0, 0.1) is 5.82 Å². The highest BCUT2D eigenvalue weighted by molar-refractivity contribution is 6.46. The maximum Gasteiger partial charge on any atom is 0.272 e. The first-order chi connectivity index (χ1) is 8.69. The second kappa shape index (κ2) is 4.17. The highest BCUT2D eigenvalue weighted by Gasteiger charge is 2.40. The Bertz CT molecular complexity index is 521. The summed E-state index contributed by atoms with van der Waals surface area (Å²) in [6.45, 7) is 1.58. The van der Waals surface area contributed by atoms with Gasteiger partial charge in [0.25, 0.3) is 5.91 Å². The molecule has 1 spiro atoms. The zero-order valence-corrected chi connectivity index (χ0v) is 9.87. The molecule has 94 valence electrons. The van der Waals surface area contributed by atoms with Crippen LogP contribution in [-0.4, -0.2) is 30.4 Å². The molecular formula is C13H14FN3O. The average molecular weight is 247 g/mol. The van der Waals surface area contributed by atoms with Crippen LogP contribution < -0.4 is 10.6 Å². The molecule has 3 rings (SSSR count). The van der Waals surface area contributed by atoms with Crippen molar-refractivity contribution in [1.29, 1.82) is 0 Å². The zero-order chi connectivity index (χ0) is 12.6. The summed E-state index contributed by atoms with van der Waals surface area (Å²) in [5, 5.41) is 6.14. The van der Waals surface area contributed by atoms with E-state index in [9.17, 15) is 9.18 Å². The molecule has 2 heterocycles. The van der Waals surface area contributed by atoms with Gasteiger partial charge >= 0.3 is 0 Å². The van der Waals surface area contributed by atoms with Gasteiger partial charge in [0.2, 0.25) is 0 Å². The lowest BCUT2D eigenvalue weighted by atomic mass is 10.0. The van der Waals surface area contributed by atoms with E-state index in [1.807, 2.05) is 0 Å². The molecule has 0 aromatic heterocycles. The average Bonchev–Trinajstić information content (AvgIpc) is 2.67. The number of benzene rings is 1. The number of nitrogens with one attached hydrogen (secondary N) is 2. The molecule has 1 unspecified atom stereocenters. The van der Waals surface area contributed by atoms with Gasteiger partial charge in [0.15, 0.2) is 0 Å². The standard InChI is InChI=1S/C13H14FN3O/c14-10-4-1-3-9(7-10)11-12(18)17-13(16-11)5-2-6-15-8-13/h1,3-4,7,15H,2,5-6,8H2,(H,17,18). The van der Waals surface area contributed by atoms with E-state index in [-0.39, 0.29) is 11.7 Å². The molecule has 1 saturated heterocycles. The summed E-state index contributed by atoms with van der Waals surface area (Å²) in [7, 11) is 0. The molecule has 1 aromatic carbocycles. The smallest absolute Gasteiger partial charge is 0.272 e. The van der Waals surface area contributed by atoms with Gasteiger partial charge in [0.1, 0.15) is 17.2 Å². The number of hydrogen-bond donors (Lipinski definition) is 2. The van der Waals surface area contributed by atoms with Crippen LogP contribution in [-0.2, 0) is 4.79 Å². The Morgan fingerprint density at radius 3 is 3.00 bits per heavy atom. The first kappa shape index (κ1) is 11.3. The normalized spacial score (nSPS) is 27.2. The van der Waals surface area contributed by atoms with Crippen molar-refractivity contribution in [1.82, 2.24) is 10.6 Å². The van der Waals surface area contributed by atoms with Gasteiger partial charge in [-0.3, -0.25) is 4.79 Å². The summed E-state index contributed by atoms with van der Waals surface area (Å²) in [4.78, 5) is 16.5. The van der Waals surface area contributed by atoms with Crippen molar-refractivity contribution in [2.45, 2.75) is 18.5 Å². The van der Waals surface area contributed by atoms with E-state index in [1.165, 1.54) is 12.1 Å². The summed E-state index contributed by atoms with van der Waals surface area (Å²) in [5.41, 5.74) is 0.338. The Morgan fingerprint density at radius 2 is 2.28 bits per heavy atom. The number of aliphatic imine (C=N–C) groups is 1. The van der Waals surface area contributed by atoms with Crippen LogP contribution in [0.4, 0.5) is 4.39 Å². The lowest BCUT2D eigenvalue weighted by Gasteiger charge is -2.30. The lowest BCUT2D eigenvalue weighted by molar-refractivity contribution is -0.115. The largest absolute Gasteiger partial charge is 0.325 e. The van der Waals surface area contributed by atoms with Crippen molar-refractivity contribution in [3.05, 3.63) is 35.6 Å². The molecule has 0 aliphatic carbocycles. The molecule has 1 atom stereocenters. The van der Waals surface area contributed by atoms with Crippen LogP contribution in [0.15, 0.2) is 29.3 Å². The van der Waals surface area contributed by atoms with Crippen molar-refractivity contribution in [3.8, 4) is 0 Å². The number of nitrogens with zero attached hydrogens (tertiary/aromatic N) is 1. The van der Waals surface area contributed by atoms with Gasteiger partial charge in [-0.05, 0) is 31.5 Å². The van der Waals surface area contributed by atoms with Gasteiger partial charge in [0.05, 0.1) is 0 Å². The number of piperidine rings is 1. The van der Waals surface area contributed by atoms with E-state index in [0.29, 0.717) is 17.8 Å². The minimum atomic E-state index is -0.531. The number of amides is 1. The number of rotatable bonds is 1. The minimum Gasteiger partial charge on any atom is -0.325 e. The van der Waals surface area contributed by atoms with Crippen molar-refractivity contribution in [2.75, 3.05) is 13.1 Å². The van der Waals surface area contributed by atoms with Crippen LogP contribution >= 0.6 is 0 Å². The quantitative estimate of drug-likeness (QED) is 0.772. The molecule has 18 heavy (non-hydrogen) atoms. The van der Waals surface area contributed by atoms with Crippen LogP contribution in [0.25, 0.3) is 0 Å². The molecule has 1 aromatic rings. The first-order valence-electron chi connectivity index (χ1n) is 6.08. The molecule has 1 fully saturated rings. The van der Waals surface area contributed by atoms with Gasteiger partial charge in [-0.2, -0.15) is 0 Å². The van der Waals surface area contributed by atoms with Crippen LogP contribution in [0.3, 0.4) is 0 Å². The third kappa shape index (κ3) is 1.90. The summed E-state index contributed by atoms with van der Waals surface area (Å²) >= 11 is 0. The SMILES string of the molecule is O=C1NC2(CCCNC2)N=C1c1cccc(F)c1. The van der Waals surface area contributed by atoms with E-state index in [1.54, 1.807) is 12.1 Å². The van der Waals surface area contributed by atoms with Crippen LogP contribution in [0.2, 0.25) is 0 Å². The molecule has 0 saturated carbocycles. The predicted molar refractivity (Wildman–Crippen MR) is 65.9 cm³/mol. The predicted octanol–water partition coefficient (Wildman–Crippen LogP) is 0.824. The lowest BCUT2D eigenvalue weighted by Crippen LogP contribution is -2.53. The van der Waals surface area contributed by atoms with Gasteiger partial charge in [0, 0.05) is 12.1 Å². The van der Waals surface area contributed by atoms with Crippen molar-refractivity contribution < 1.29 is 9.18 Å². The molecule has 1 amide bonds. The Hall–Kier alpha value is -1.75. The third-order valence-corrected chi connectivity index (χ3v) is 3.35. The van der Waals surface area contributed by atoms with Crippen LogP contribution in [0.5, 0.6) is 0 Å². The van der Waals surface area contributed by atoms with E-state index in [0.717, 1.165) is 19.4 Å². The fraction of sp³-hybridized carbons (Fsp3) is 0.385. The molecule has 4 nitrogen and oxygen atoms in total. The second-order valence-electron chi connectivity index (χ2n) is 4.74. The number of hydrogen-bond acceptors (Lipinski definition) is 3. The van der Waals surface area contributed by atoms with E-state index in [4.69, 9.17) is 0 Å². The summed E-state index contributed by atoms with van der Waals surface area (Å²) in [6, 6.07) is 5.99. The van der Waals surface area contributed by atoms with E-state index in [2.05, 4.69) is 15.6 Å². The summed E-state index contributed by atoms with van der Waals surface area (Å²) in [6.07, 6.45) is 1.80. The number of halogens is 1. The highest BCUT2D eigenvalue weighted by Crippen LogP contribution is 2.24. The maximum atomic E-state index is 13.2. The number of carbonyl (C=O) groups is 1. The maximum absolute atomic E-state index is 13.2. The van der Waals surface area contributed by atoms with Crippen molar-refractivity contribution >= 4 is 11.6 Å². The molecule has 5 heteroatoms. The van der Waals surface area contributed by atoms with E-state index >= 15 is 0 Å². The molecule has 2 aliphatic heterocycles. The van der Waals surface area contributed by atoms with E-state index < -0.39 is 5.66 Å². The third-order valence-electron chi connectivity index (χ3n) is 3.35. The van der Waals surface area contributed by atoms with Crippen molar-refractivity contribution in [3.63, 3.8) is 0 Å².